The number of aromatic amines is 1. The van der Waals surface area contributed by atoms with Gasteiger partial charge in [0.2, 0.25) is 0 Å². The molecule has 1 aromatic heterocycles. The Hall–Kier alpha value is -2.89. The van der Waals surface area contributed by atoms with Gasteiger partial charge in [-0.05, 0) is 12.5 Å². The molecule has 0 saturated heterocycles. The number of nitrogens with zero attached hydrogens (tertiary/aromatic N) is 1. The molecule has 0 unspecified atom stereocenters. The molecule has 1 heterocycles. The van der Waals surface area contributed by atoms with E-state index in [1.54, 1.807) is 24.3 Å². The fraction of sp³-hybridized carbons (Fsp3) is 0.133. The van der Waals surface area contributed by atoms with Gasteiger partial charge in [0.05, 0.1) is 5.69 Å². The van der Waals surface area contributed by atoms with Gasteiger partial charge in [-0.3, -0.25) is 14.3 Å². The quantitative estimate of drug-likeness (QED) is 0.678. The lowest BCUT2D eigenvalue weighted by Crippen LogP contribution is -2.32. The monoisotopic (exact) mass is 286 g/mol. The molecule has 0 spiro atoms. The highest BCUT2D eigenvalue weighted by Crippen LogP contribution is 2.15. The summed E-state index contributed by atoms with van der Waals surface area (Å²) in [7, 11) is 0. The normalized spacial score (nSPS) is 10.1. The third kappa shape index (κ3) is 3.36. The molecule has 6 heteroatoms. The Morgan fingerprint density at radius 2 is 1.95 bits per heavy atom. The smallest absolute Gasteiger partial charge is 0.334 e. The Balaban J connectivity index is 2.45. The number of hydrogen-bond donors (Lipinski definition) is 1. The average Bonchev–Trinajstić information content (AvgIpc) is 2.46. The molecule has 2 rings (SSSR count). The van der Waals surface area contributed by atoms with E-state index >= 15 is 0 Å². The highest BCUT2D eigenvalue weighted by molar-refractivity contribution is 5.86. The number of carbonyl (C=O) groups is 1. The van der Waals surface area contributed by atoms with Gasteiger partial charge >= 0.3 is 11.7 Å². The van der Waals surface area contributed by atoms with Crippen LogP contribution in [0, 0.1) is 0 Å². The highest BCUT2D eigenvalue weighted by atomic mass is 16.5. The Morgan fingerprint density at radius 1 is 1.29 bits per heavy atom. The molecule has 0 atom stereocenters. The molecule has 0 bridgehead atoms. The first-order valence-electron chi connectivity index (χ1n) is 6.21. The zero-order valence-electron chi connectivity index (χ0n) is 11.5. The van der Waals surface area contributed by atoms with Crippen LogP contribution in [0.4, 0.5) is 0 Å². The number of benzene rings is 1. The largest absolute Gasteiger partial charge is 0.440 e. The molecule has 0 fully saturated rings. The minimum Gasteiger partial charge on any atom is -0.440 e. The van der Waals surface area contributed by atoms with E-state index < -0.39 is 17.2 Å². The molecule has 108 valence electrons. The SMILES string of the molecule is C=C(C)C(=O)OCn1c(-c2ccccc2)cc(=O)[nH]c1=O. The highest BCUT2D eigenvalue weighted by Gasteiger charge is 2.10. The number of esters is 1. The second-order valence-corrected chi connectivity index (χ2v) is 4.46. The third-order valence-electron chi connectivity index (χ3n) is 2.78. The number of aromatic nitrogens is 2. The zero-order valence-corrected chi connectivity index (χ0v) is 11.5. The summed E-state index contributed by atoms with van der Waals surface area (Å²) < 4.78 is 6.15. The maximum absolute atomic E-state index is 11.9. The molecule has 0 amide bonds. The van der Waals surface area contributed by atoms with Crippen molar-refractivity contribution in [3.8, 4) is 11.3 Å². The van der Waals surface area contributed by atoms with Crippen molar-refractivity contribution in [1.82, 2.24) is 9.55 Å². The molecule has 1 N–H and O–H groups in total. The van der Waals surface area contributed by atoms with Crippen LogP contribution in [0.5, 0.6) is 0 Å². The fourth-order valence-electron chi connectivity index (χ4n) is 1.74. The first kappa shape index (κ1) is 14.5. The van der Waals surface area contributed by atoms with Crippen LogP contribution in [-0.4, -0.2) is 15.5 Å². The summed E-state index contributed by atoms with van der Waals surface area (Å²) in [5, 5.41) is 0. The van der Waals surface area contributed by atoms with Crippen molar-refractivity contribution in [3.05, 3.63) is 69.4 Å². The molecule has 1 aromatic carbocycles. The molecule has 2 aromatic rings. The van der Waals surface area contributed by atoms with Crippen LogP contribution in [0.1, 0.15) is 6.92 Å². The van der Waals surface area contributed by atoms with Crippen molar-refractivity contribution < 1.29 is 9.53 Å². The maximum atomic E-state index is 11.9. The molecule has 6 nitrogen and oxygen atoms in total. The van der Waals surface area contributed by atoms with Gasteiger partial charge < -0.3 is 4.74 Å². The zero-order chi connectivity index (χ0) is 15.4. The Labute approximate surface area is 120 Å². The van der Waals surface area contributed by atoms with Gasteiger partial charge in [0.15, 0.2) is 6.73 Å². The Kier molecular flexibility index (Phi) is 4.18. The van der Waals surface area contributed by atoms with E-state index in [-0.39, 0.29) is 12.3 Å². The van der Waals surface area contributed by atoms with Crippen molar-refractivity contribution in [2.75, 3.05) is 0 Å². The van der Waals surface area contributed by atoms with Gasteiger partial charge in [0.1, 0.15) is 0 Å². The summed E-state index contributed by atoms with van der Waals surface area (Å²) in [6.07, 6.45) is 0. The topological polar surface area (TPSA) is 81.2 Å². The Morgan fingerprint density at radius 3 is 2.57 bits per heavy atom. The van der Waals surface area contributed by atoms with Crippen LogP contribution in [0.2, 0.25) is 0 Å². The van der Waals surface area contributed by atoms with E-state index in [4.69, 9.17) is 4.74 Å². The number of hydrogen-bond acceptors (Lipinski definition) is 4. The number of rotatable bonds is 4. The number of H-pyrrole nitrogens is 1. The van der Waals surface area contributed by atoms with Crippen molar-refractivity contribution >= 4 is 5.97 Å². The van der Waals surface area contributed by atoms with Gasteiger partial charge in [0.25, 0.3) is 5.56 Å². The summed E-state index contributed by atoms with van der Waals surface area (Å²) in [4.78, 5) is 37.0. The molecular formula is C15H14N2O4. The summed E-state index contributed by atoms with van der Waals surface area (Å²) in [5.41, 5.74) is 0.122. The third-order valence-corrected chi connectivity index (χ3v) is 2.78. The second kappa shape index (κ2) is 6.04. The van der Waals surface area contributed by atoms with Crippen LogP contribution < -0.4 is 11.2 Å². The van der Waals surface area contributed by atoms with Crippen molar-refractivity contribution in [1.29, 1.82) is 0 Å². The maximum Gasteiger partial charge on any atom is 0.334 e. The first-order chi connectivity index (χ1) is 9.99. The molecule has 0 radical (unpaired) electrons. The van der Waals surface area contributed by atoms with Crippen LogP contribution in [-0.2, 0) is 16.3 Å². The summed E-state index contributed by atoms with van der Waals surface area (Å²) in [5.74, 6) is -0.605. The van der Waals surface area contributed by atoms with E-state index in [0.29, 0.717) is 11.3 Å². The van der Waals surface area contributed by atoms with Gasteiger partial charge in [-0.15, -0.1) is 0 Å². The van der Waals surface area contributed by atoms with Crippen molar-refractivity contribution in [3.63, 3.8) is 0 Å². The molecule has 0 aliphatic rings. The van der Waals surface area contributed by atoms with E-state index in [1.807, 2.05) is 6.07 Å². The van der Waals surface area contributed by atoms with Crippen molar-refractivity contribution in [2.24, 2.45) is 0 Å². The average molecular weight is 286 g/mol. The van der Waals surface area contributed by atoms with E-state index in [1.165, 1.54) is 17.6 Å². The number of ether oxygens (including phenoxy) is 1. The van der Waals surface area contributed by atoms with Crippen molar-refractivity contribution in [2.45, 2.75) is 13.7 Å². The predicted octanol–water partition coefficient (Wildman–Crippen LogP) is 1.28. The van der Waals surface area contributed by atoms with Gasteiger partial charge in [-0.2, -0.15) is 0 Å². The first-order valence-corrected chi connectivity index (χ1v) is 6.21. The second-order valence-electron chi connectivity index (χ2n) is 4.46. The van der Waals surface area contributed by atoms with Gasteiger partial charge in [0, 0.05) is 11.6 Å². The predicted molar refractivity (Wildman–Crippen MR) is 77.7 cm³/mol. The van der Waals surface area contributed by atoms with Crippen LogP contribution in [0.15, 0.2) is 58.1 Å². The van der Waals surface area contributed by atoms with Crippen LogP contribution >= 0.6 is 0 Å². The van der Waals surface area contributed by atoms with E-state index in [2.05, 4.69) is 11.6 Å². The lowest BCUT2D eigenvalue weighted by Gasteiger charge is -2.12. The molecule has 0 saturated carbocycles. The standard InChI is InChI=1S/C15H14N2O4/c1-10(2)14(19)21-9-17-12(8-13(18)16-15(17)20)11-6-4-3-5-7-11/h3-8H,1,9H2,2H3,(H,16,18,20). The summed E-state index contributed by atoms with van der Waals surface area (Å²) in [6.45, 7) is 4.67. The van der Waals surface area contributed by atoms with Crippen LogP contribution in [0.3, 0.4) is 0 Å². The van der Waals surface area contributed by atoms with Gasteiger partial charge in [-0.1, -0.05) is 36.9 Å². The lowest BCUT2D eigenvalue weighted by molar-refractivity contribution is -0.142. The molecular weight excluding hydrogens is 272 g/mol. The summed E-state index contributed by atoms with van der Waals surface area (Å²) >= 11 is 0. The number of carbonyl (C=O) groups excluding carboxylic acids is 1. The van der Waals surface area contributed by atoms with Crippen LogP contribution in [0.25, 0.3) is 11.3 Å². The van der Waals surface area contributed by atoms with E-state index in [0.717, 1.165) is 0 Å². The minimum atomic E-state index is -0.643. The molecule has 0 aliphatic heterocycles. The molecule has 21 heavy (non-hydrogen) atoms. The fourth-order valence-corrected chi connectivity index (χ4v) is 1.74. The number of nitrogens with one attached hydrogen (secondary N) is 1. The Bertz CT molecular complexity index is 787. The molecule has 0 aliphatic carbocycles. The van der Waals surface area contributed by atoms with E-state index in [9.17, 15) is 14.4 Å². The summed E-state index contributed by atoms with van der Waals surface area (Å²) in [6, 6.07) is 10.2. The van der Waals surface area contributed by atoms with Gasteiger partial charge in [-0.25, -0.2) is 9.59 Å². The lowest BCUT2D eigenvalue weighted by atomic mass is 10.1. The minimum absolute atomic E-state index is 0.230.